The van der Waals surface area contributed by atoms with Crippen molar-refractivity contribution in [3.05, 3.63) is 86.7 Å². The van der Waals surface area contributed by atoms with Crippen molar-refractivity contribution in [2.75, 3.05) is 13.3 Å². The first-order valence-corrected chi connectivity index (χ1v) is 11.5. The largest absolute Gasteiger partial charge is 1.00 e. The van der Waals surface area contributed by atoms with Gasteiger partial charge in [0.2, 0.25) is 12.5 Å². The average Bonchev–Trinajstić information content (AvgIpc) is 3.43. The van der Waals surface area contributed by atoms with Crippen molar-refractivity contribution >= 4 is 17.4 Å². The highest BCUT2D eigenvalue weighted by molar-refractivity contribution is 6.10. The summed E-state index contributed by atoms with van der Waals surface area (Å²) in [6.07, 6.45) is 2.13. The molecule has 10 heteroatoms. The lowest BCUT2D eigenvalue weighted by molar-refractivity contribution is -0.544. The minimum atomic E-state index is -0.382. The van der Waals surface area contributed by atoms with Crippen LogP contribution in [0.5, 0.6) is 11.5 Å². The lowest BCUT2D eigenvalue weighted by atomic mass is 9.93. The summed E-state index contributed by atoms with van der Waals surface area (Å²) in [5, 5.41) is 11.5. The number of rotatable bonds is 6. The second-order valence-electron chi connectivity index (χ2n) is 8.99. The van der Waals surface area contributed by atoms with E-state index in [2.05, 4.69) is 4.58 Å². The molecule has 2 aliphatic rings. The van der Waals surface area contributed by atoms with Gasteiger partial charge in [-0.05, 0) is 43.7 Å². The van der Waals surface area contributed by atoms with Crippen LogP contribution in [0.1, 0.15) is 46.6 Å². The molecule has 0 bridgehead atoms. The molecule has 0 atom stereocenters. The Morgan fingerprint density at radius 1 is 1.17 bits per heavy atom. The topological polar surface area (TPSA) is 95.8 Å². The van der Waals surface area contributed by atoms with Crippen LogP contribution in [0, 0.1) is 10.1 Å². The first kappa shape index (κ1) is 25.4. The summed E-state index contributed by atoms with van der Waals surface area (Å²) >= 11 is 0. The highest BCUT2D eigenvalue weighted by atomic mass is 79.9. The Hall–Kier alpha value is -3.66. The lowest BCUT2D eigenvalue weighted by Gasteiger charge is -2.20. The maximum absolute atomic E-state index is 12.2. The van der Waals surface area contributed by atoms with E-state index in [4.69, 9.17) is 14.2 Å². The van der Waals surface area contributed by atoms with Crippen LogP contribution in [0.2, 0.25) is 0 Å². The monoisotopic (exact) mass is 555 g/mol. The molecular weight excluding hydrogens is 530 g/mol. The molecule has 36 heavy (non-hydrogen) atoms. The van der Waals surface area contributed by atoms with Gasteiger partial charge in [0.05, 0.1) is 28.4 Å². The molecule has 3 aromatic rings. The second-order valence-corrected chi connectivity index (χ2v) is 8.99. The highest BCUT2D eigenvalue weighted by Crippen LogP contribution is 2.37. The number of carbonyl (C=O) groups is 1. The number of fused-ring (bicyclic) bond motifs is 2. The highest BCUT2D eigenvalue weighted by Gasteiger charge is 2.33. The van der Waals surface area contributed by atoms with Gasteiger partial charge < -0.3 is 35.8 Å². The molecule has 0 N–H and O–H groups in total. The van der Waals surface area contributed by atoms with Crippen LogP contribution in [0.25, 0.3) is 0 Å². The molecule has 1 aromatic heterocycles. The van der Waals surface area contributed by atoms with Gasteiger partial charge in [0.25, 0.3) is 5.69 Å². The van der Waals surface area contributed by atoms with Crippen molar-refractivity contribution in [1.82, 2.24) is 4.57 Å². The number of hydrogen-bond acceptors (Lipinski definition) is 6. The summed E-state index contributed by atoms with van der Waals surface area (Å²) in [4.78, 5) is 23.3. The Morgan fingerprint density at radius 3 is 2.50 bits per heavy atom. The first-order chi connectivity index (χ1) is 16.8. The minimum Gasteiger partial charge on any atom is -1.00 e. The van der Waals surface area contributed by atoms with Crippen molar-refractivity contribution < 1.29 is 45.5 Å². The number of aromatic nitrogens is 1. The fourth-order valence-corrected chi connectivity index (χ4v) is 4.54. The molecular formula is C26H26BrN3O6. The number of carbonyl (C=O) groups excluding carboxylic acids is 1. The Morgan fingerprint density at radius 2 is 1.86 bits per heavy atom. The van der Waals surface area contributed by atoms with E-state index in [0.29, 0.717) is 17.9 Å². The van der Waals surface area contributed by atoms with Crippen LogP contribution >= 0.6 is 0 Å². The summed E-state index contributed by atoms with van der Waals surface area (Å²) in [5.41, 5.74) is 5.26. The van der Waals surface area contributed by atoms with Crippen LogP contribution in [-0.4, -0.2) is 45.2 Å². The molecule has 2 aromatic carbocycles. The Kier molecular flexibility index (Phi) is 7.16. The molecule has 0 unspecified atom stereocenters. The molecule has 0 spiro atoms. The maximum Gasteiger partial charge on any atom is 0.338 e. The number of ether oxygens (including phenoxy) is 3. The predicted octanol–water partition coefficient (Wildman–Crippen LogP) is 0.837. The summed E-state index contributed by atoms with van der Waals surface area (Å²) < 4.78 is 20.5. The standard InChI is InChI=1S/C26H26N3O6.BrH/c1-16(2)35-26(30)18-6-4-17(5-7-18)13-28-9-8-19-10-23-24(34-15-33-23)12-21(19)25(28)22-11-20(29(31)32)14-27(22)3;/h4-7,10-12,14,16H,8-9,13,15H2,1-3H3;1H/q+1;/p-1. The van der Waals surface area contributed by atoms with E-state index in [0.717, 1.165) is 46.8 Å². The molecule has 0 amide bonds. The molecule has 5 rings (SSSR count). The van der Waals surface area contributed by atoms with Gasteiger partial charge in [0.15, 0.2) is 18.0 Å². The van der Waals surface area contributed by atoms with Crippen LogP contribution in [0.4, 0.5) is 5.69 Å². The Bertz CT molecular complexity index is 1360. The number of nitro groups is 1. The minimum absolute atomic E-state index is 0. The van der Waals surface area contributed by atoms with Crippen LogP contribution in [0.15, 0.2) is 48.7 Å². The number of hydrogen-bond donors (Lipinski definition) is 0. The van der Waals surface area contributed by atoms with Gasteiger partial charge in [0.1, 0.15) is 12.2 Å². The number of esters is 1. The molecule has 0 aliphatic carbocycles. The zero-order valence-electron chi connectivity index (χ0n) is 20.2. The van der Waals surface area contributed by atoms with Gasteiger partial charge in [-0.25, -0.2) is 9.37 Å². The molecule has 188 valence electrons. The predicted molar refractivity (Wildman–Crippen MR) is 127 cm³/mol. The van der Waals surface area contributed by atoms with Crippen LogP contribution < -0.4 is 26.5 Å². The molecule has 3 heterocycles. The average molecular weight is 556 g/mol. The van der Waals surface area contributed by atoms with Crippen molar-refractivity contribution in [3.8, 4) is 11.5 Å². The Labute approximate surface area is 218 Å². The number of benzene rings is 2. The second kappa shape index (κ2) is 10.1. The third-order valence-corrected chi connectivity index (χ3v) is 6.17. The van der Waals surface area contributed by atoms with E-state index in [1.54, 1.807) is 22.8 Å². The fourth-order valence-electron chi connectivity index (χ4n) is 4.54. The van der Waals surface area contributed by atoms with Gasteiger partial charge in [0, 0.05) is 25.1 Å². The van der Waals surface area contributed by atoms with E-state index in [1.165, 1.54) is 6.20 Å². The zero-order valence-corrected chi connectivity index (χ0v) is 21.8. The molecule has 2 aliphatic heterocycles. The van der Waals surface area contributed by atoms with E-state index in [1.807, 2.05) is 45.2 Å². The van der Waals surface area contributed by atoms with E-state index in [9.17, 15) is 14.9 Å². The van der Waals surface area contributed by atoms with Gasteiger partial charge in [-0.15, -0.1) is 0 Å². The quantitative estimate of drug-likeness (QED) is 0.193. The van der Waals surface area contributed by atoms with Crippen LogP contribution in [0.3, 0.4) is 0 Å². The van der Waals surface area contributed by atoms with Crippen molar-refractivity contribution in [2.45, 2.75) is 32.9 Å². The zero-order chi connectivity index (χ0) is 24.7. The maximum atomic E-state index is 12.2. The van der Waals surface area contributed by atoms with Crippen LogP contribution in [-0.2, 0) is 24.8 Å². The molecule has 0 saturated heterocycles. The normalized spacial score (nSPS) is 13.9. The molecule has 0 fully saturated rings. The molecule has 0 saturated carbocycles. The van der Waals surface area contributed by atoms with Gasteiger partial charge in [-0.1, -0.05) is 12.1 Å². The van der Waals surface area contributed by atoms with Gasteiger partial charge in [-0.3, -0.25) is 10.1 Å². The number of halogens is 1. The van der Waals surface area contributed by atoms with Gasteiger partial charge in [-0.2, -0.15) is 0 Å². The van der Waals surface area contributed by atoms with Crippen molar-refractivity contribution in [1.29, 1.82) is 0 Å². The van der Waals surface area contributed by atoms with Crippen molar-refractivity contribution in [2.24, 2.45) is 7.05 Å². The summed E-state index contributed by atoms with van der Waals surface area (Å²) in [5.74, 6) is 1.04. The van der Waals surface area contributed by atoms with E-state index < -0.39 is 0 Å². The first-order valence-electron chi connectivity index (χ1n) is 11.5. The molecule has 9 nitrogen and oxygen atoms in total. The third kappa shape index (κ3) is 4.86. The summed E-state index contributed by atoms with van der Waals surface area (Å²) in [7, 11) is 1.81. The summed E-state index contributed by atoms with van der Waals surface area (Å²) in [6, 6.07) is 12.9. The number of aryl methyl sites for hydroxylation is 1. The third-order valence-electron chi connectivity index (χ3n) is 6.17. The smallest absolute Gasteiger partial charge is 0.338 e. The number of nitrogens with zero attached hydrogens (tertiary/aromatic N) is 3. The van der Waals surface area contributed by atoms with E-state index >= 15 is 0 Å². The summed E-state index contributed by atoms with van der Waals surface area (Å²) in [6.45, 7) is 5.11. The Balaban J connectivity index is 0.00000304. The fraction of sp³-hybridized carbons (Fsp3) is 0.308. The lowest BCUT2D eigenvalue weighted by Crippen LogP contribution is -3.00. The van der Waals surface area contributed by atoms with E-state index in [-0.39, 0.29) is 46.5 Å². The van der Waals surface area contributed by atoms with Crippen molar-refractivity contribution in [3.63, 3.8) is 0 Å². The SMILES string of the molecule is CC(C)OC(=O)c1ccc(C[N+]2=C(c3cc([N+](=O)[O-])cn3C)c3cc4c(cc3CC2)OCO4)cc1.[Br-]. The molecule has 0 radical (unpaired) electrons. The van der Waals surface area contributed by atoms with Gasteiger partial charge >= 0.3 is 5.97 Å².